The van der Waals surface area contributed by atoms with Gasteiger partial charge in [-0.2, -0.15) is 0 Å². The van der Waals surface area contributed by atoms with Gasteiger partial charge in [-0.25, -0.2) is 0 Å². The van der Waals surface area contributed by atoms with Crippen LogP contribution < -0.4 is 5.32 Å². The Morgan fingerprint density at radius 2 is 2.00 bits per heavy atom. The summed E-state index contributed by atoms with van der Waals surface area (Å²) >= 11 is 0. The van der Waals surface area contributed by atoms with E-state index in [1.54, 1.807) is 12.1 Å². The Morgan fingerprint density at radius 1 is 1.29 bits per heavy atom. The Hall–Kier alpha value is -1.62. The third-order valence-electron chi connectivity index (χ3n) is 2.30. The number of hydrogen-bond acceptors (Lipinski definition) is 4. The molecule has 0 radical (unpaired) electrons. The van der Waals surface area contributed by atoms with Gasteiger partial charge in [0.05, 0.1) is 11.5 Å². The second-order valence-corrected chi connectivity index (χ2v) is 3.70. The number of rotatable bonds is 8. The molecule has 0 aromatic heterocycles. The first kappa shape index (κ1) is 13.4. The number of nitro groups is 1. The third-order valence-corrected chi connectivity index (χ3v) is 2.30. The number of nitrogens with zero attached hydrogens (tertiary/aromatic N) is 1. The van der Waals surface area contributed by atoms with Gasteiger partial charge in [-0.1, -0.05) is 13.3 Å². The molecule has 0 saturated heterocycles. The van der Waals surface area contributed by atoms with Crippen molar-refractivity contribution in [3.63, 3.8) is 0 Å². The molecule has 17 heavy (non-hydrogen) atoms. The summed E-state index contributed by atoms with van der Waals surface area (Å²) in [4.78, 5) is 10.0. The number of unbranched alkanes of at least 4 members (excludes halogenated alkanes) is 1. The van der Waals surface area contributed by atoms with Gasteiger partial charge in [0.15, 0.2) is 0 Å². The van der Waals surface area contributed by atoms with Gasteiger partial charge in [0.2, 0.25) is 0 Å². The van der Waals surface area contributed by atoms with Crippen LogP contribution in [0.15, 0.2) is 24.3 Å². The molecule has 0 aliphatic carbocycles. The first-order chi connectivity index (χ1) is 8.24. The van der Waals surface area contributed by atoms with Gasteiger partial charge in [-0.15, -0.1) is 0 Å². The molecule has 0 bridgehead atoms. The molecule has 0 unspecified atom stereocenters. The maximum absolute atomic E-state index is 10.4. The van der Waals surface area contributed by atoms with Crippen LogP contribution in [0.3, 0.4) is 0 Å². The lowest BCUT2D eigenvalue weighted by Crippen LogP contribution is -2.09. The monoisotopic (exact) mass is 238 g/mol. The Morgan fingerprint density at radius 3 is 2.59 bits per heavy atom. The Labute approximate surface area is 101 Å². The van der Waals surface area contributed by atoms with Gasteiger partial charge in [-0.05, 0) is 18.6 Å². The summed E-state index contributed by atoms with van der Waals surface area (Å²) in [5.74, 6) is 0. The molecule has 0 amide bonds. The van der Waals surface area contributed by atoms with E-state index in [1.807, 2.05) is 0 Å². The minimum Gasteiger partial charge on any atom is -0.383 e. The van der Waals surface area contributed by atoms with E-state index < -0.39 is 4.92 Å². The Balaban J connectivity index is 2.21. The highest BCUT2D eigenvalue weighted by Gasteiger charge is 2.02. The molecule has 0 atom stereocenters. The zero-order valence-electron chi connectivity index (χ0n) is 10.0. The Bertz CT molecular complexity index is 338. The molecule has 5 heteroatoms. The van der Waals surface area contributed by atoms with Crippen molar-refractivity contribution < 1.29 is 9.66 Å². The standard InChI is InChI=1S/C12H18N2O3/c1-2-3-9-17-10-8-13-11-4-6-12(7-5-11)14(15)16/h4-7,13H,2-3,8-10H2,1H3. The van der Waals surface area contributed by atoms with Crippen LogP contribution in [0.5, 0.6) is 0 Å². The molecule has 5 nitrogen and oxygen atoms in total. The fourth-order valence-corrected chi connectivity index (χ4v) is 1.32. The lowest BCUT2D eigenvalue weighted by Gasteiger charge is -2.06. The second-order valence-electron chi connectivity index (χ2n) is 3.70. The first-order valence-electron chi connectivity index (χ1n) is 5.80. The zero-order chi connectivity index (χ0) is 12.5. The van der Waals surface area contributed by atoms with Crippen molar-refractivity contribution in [3.05, 3.63) is 34.4 Å². The van der Waals surface area contributed by atoms with Crippen molar-refractivity contribution in [2.45, 2.75) is 19.8 Å². The molecule has 94 valence electrons. The van der Waals surface area contributed by atoms with Crippen LogP contribution in [0.25, 0.3) is 0 Å². The average molecular weight is 238 g/mol. The highest BCUT2D eigenvalue weighted by Crippen LogP contribution is 2.14. The molecule has 0 spiro atoms. The SMILES string of the molecule is CCCCOCCNc1ccc([N+](=O)[O-])cc1. The van der Waals surface area contributed by atoms with E-state index >= 15 is 0 Å². The second kappa shape index (κ2) is 7.62. The van der Waals surface area contributed by atoms with Crippen molar-refractivity contribution in [1.82, 2.24) is 0 Å². The fraction of sp³-hybridized carbons (Fsp3) is 0.500. The number of hydrogen-bond donors (Lipinski definition) is 1. The molecule has 0 fully saturated rings. The fourth-order valence-electron chi connectivity index (χ4n) is 1.32. The first-order valence-corrected chi connectivity index (χ1v) is 5.80. The van der Waals surface area contributed by atoms with Crippen molar-refractivity contribution in [1.29, 1.82) is 0 Å². The predicted octanol–water partition coefficient (Wildman–Crippen LogP) is 2.82. The minimum atomic E-state index is -0.405. The molecular formula is C12H18N2O3. The lowest BCUT2D eigenvalue weighted by atomic mass is 10.3. The topological polar surface area (TPSA) is 64.4 Å². The van der Waals surface area contributed by atoms with Crippen molar-refractivity contribution >= 4 is 11.4 Å². The smallest absolute Gasteiger partial charge is 0.269 e. The summed E-state index contributed by atoms with van der Waals surface area (Å²) in [6.45, 7) is 4.27. The highest BCUT2D eigenvalue weighted by molar-refractivity contribution is 5.48. The van der Waals surface area contributed by atoms with Gasteiger partial charge in [0.25, 0.3) is 5.69 Å². The molecule has 1 aromatic rings. The maximum Gasteiger partial charge on any atom is 0.269 e. The van der Waals surface area contributed by atoms with Crippen LogP contribution in [-0.2, 0) is 4.74 Å². The van der Waals surface area contributed by atoms with Crippen molar-refractivity contribution in [2.24, 2.45) is 0 Å². The number of ether oxygens (including phenoxy) is 1. The quantitative estimate of drug-likeness (QED) is 0.429. The largest absolute Gasteiger partial charge is 0.383 e. The average Bonchev–Trinajstić information content (AvgIpc) is 2.34. The summed E-state index contributed by atoms with van der Waals surface area (Å²) in [5, 5.41) is 13.6. The summed E-state index contributed by atoms with van der Waals surface area (Å²) in [5.41, 5.74) is 0.976. The van der Waals surface area contributed by atoms with Crippen LogP contribution in [0.4, 0.5) is 11.4 Å². The van der Waals surface area contributed by atoms with Crippen LogP contribution in [0, 0.1) is 10.1 Å². The summed E-state index contributed by atoms with van der Waals surface area (Å²) in [6.07, 6.45) is 2.22. The number of benzene rings is 1. The van der Waals surface area contributed by atoms with Crippen LogP contribution in [0.1, 0.15) is 19.8 Å². The molecule has 1 N–H and O–H groups in total. The molecule has 0 heterocycles. The van der Waals surface area contributed by atoms with Gasteiger partial charge in [0, 0.05) is 31.0 Å². The van der Waals surface area contributed by atoms with Crippen LogP contribution >= 0.6 is 0 Å². The van der Waals surface area contributed by atoms with Crippen molar-refractivity contribution in [3.8, 4) is 0 Å². The van der Waals surface area contributed by atoms with E-state index in [2.05, 4.69) is 12.2 Å². The lowest BCUT2D eigenvalue weighted by molar-refractivity contribution is -0.384. The van der Waals surface area contributed by atoms with Crippen LogP contribution in [-0.4, -0.2) is 24.7 Å². The molecule has 0 aliphatic rings. The number of nitrogens with one attached hydrogen (secondary N) is 1. The van der Waals surface area contributed by atoms with Gasteiger partial charge in [0.1, 0.15) is 0 Å². The van der Waals surface area contributed by atoms with E-state index in [4.69, 9.17) is 4.74 Å². The third kappa shape index (κ3) is 5.31. The highest BCUT2D eigenvalue weighted by atomic mass is 16.6. The van der Waals surface area contributed by atoms with Crippen molar-refractivity contribution in [2.75, 3.05) is 25.1 Å². The maximum atomic E-state index is 10.4. The van der Waals surface area contributed by atoms with Gasteiger partial charge >= 0.3 is 0 Å². The van der Waals surface area contributed by atoms with Gasteiger partial charge < -0.3 is 10.1 Å². The summed E-state index contributed by atoms with van der Waals surface area (Å²) in [7, 11) is 0. The molecule has 0 saturated carbocycles. The zero-order valence-corrected chi connectivity index (χ0v) is 10.0. The van der Waals surface area contributed by atoms with E-state index in [9.17, 15) is 10.1 Å². The van der Waals surface area contributed by atoms with E-state index in [1.165, 1.54) is 12.1 Å². The molecule has 0 aliphatic heterocycles. The number of anilines is 1. The minimum absolute atomic E-state index is 0.106. The van der Waals surface area contributed by atoms with Crippen LogP contribution in [0.2, 0.25) is 0 Å². The van der Waals surface area contributed by atoms with E-state index in [0.717, 1.165) is 25.1 Å². The summed E-state index contributed by atoms with van der Waals surface area (Å²) < 4.78 is 5.39. The molecular weight excluding hydrogens is 220 g/mol. The molecule has 1 rings (SSSR count). The number of non-ortho nitro benzene ring substituents is 1. The molecule has 1 aromatic carbocycles. The normalized spacial score (nSPS) is 10.2. The Kier molecular flexibility index (Phi) is 6.03. The predicted molar refractivity (Wildman–Crippen MR) is 67.3 cm³/mol. The van der Waals surface area contributed by atoms with Gasteiger partial charge in [-0.3, -0.25) is 10.1 Å². The van der Waals surface area contributed by atoms with E-state index in [0.29, 0.717) is 13.2 Å². The van der Waals surface area contributed by atoms with E-state index in [-0.39, 0.29) is 5.69 Å². The summed E-state index contributed by atoms with van der Waals surface area (Å²) in [6, 6.07) is 6.37. The number of nitro benzene ring substituents is 1.